The minimum Gasteiger partial charge on any atom is -0.481 e. The summed E-state index contributed by atoms with van der Waals surface area (Å²) < 4.78 is 11.2. The van der Waals surface area contributed by atoms with Crippen LogP contribution >= 0.6 is 0 Å². The molecule has 0 aliphatic carbocycles. The molecule has 0 aromatic heterocycles. The van der Waals surface area contributed by atoms with E-state index in [4.69, 9.17) is 14.6 Å². The summed E-state index contributed by atoms with van der Waals surface area (Å²) >= 11 is 0. The summed E-state index contributed by atoms with van der Waals surface area (Å²) in [4.78, 5) is 25.1. The fourth-order valence-corrected chi connectivity index (χ4v) is 2.79. The zero-order valence-electron chi connectivity index (χ0n) is 15.3. The SMILES string of the molecule is CC(Oc1cccc(C(C)(C)C)c1)C(=O)N1CCOC(CC(=O)O)C1. The molecule has 1 heterocycles. The molecule has 0 radical (unpaired) electrons. The van der Waals surface area contributed by atoms with Crippen LogP contribution in [0.3, 0.4) is 0 Å². The van der Waals surface area contributed by atoms with Gasteiger partial charge in [0.2, 0.25) is 0 Å². The van der Waals surface area contributed by atoms with Gasteiger partial charge in [-0.15, -0.1) is 0 Å². The molecule has 6 heteroatoms. The molecule has 0 bridgehead atoms. The lowest BCUT2D eigenvalue weighted by molar-refractivity contribution is -0.151. The van der Waals surface area contributed by atoms with Gasteiger partial charge in [0, 0.05) is 13.1 Å². The number of carbonyl (C=O) groups is 2. The molecule has 1 aromatic rings. The molecule has 2 atom stereocenters. The number of amides is 1. The maximum atomic E-state index is 12.6. The van der Waals surface area contributed by atoms with E-state index in [0.29, 0.717) is 18.9 Å². The molecule has 2 rings (SSSR count). The predicted molar refractivity (Wildman–Crippen MR) is 93.8 cm³/mol. The first-order valence-electron chi connectivity index (χ1n) is 8.56. The predicted octanol–water partition coefficient (Wildman–Crippen LogP) is 2.45. The van der Waals surface area contributed by atoms with Gasteiger partial charge < -0.3 is 19.5 Å². The van der Waals surface area contributed by atoms with Crippen LogP contribution < -0.4 is 4.74 Å². The van der Waals surface area contributed by atoms with Crippen molar-refractivity contribution in [2.45, 2.75) is 51.7 Å². The first kappa shape index (κ1) is 19.2. The second kappa shape index (κ2) is 7.87. The number of benzene rings is 1. The molecule has 6 nitrogen and oxygen atoms in total. The van der Waals surface area contributed by atoms with Crippen LogP contribution in [0.15, 0.2) is 24.3 Å². The maximum absolute atomic E-state index is 12.6. The van der Waals surface area contributed by atoms with Crippen molar-refractivity contribution in [3.8, 4) is 5.75 Å². The molecular formula is C19H27NO5. The van der Waals surface area contributed by atoms with Gasteiger partial charge >= 0.3 is 5.97 Å². The van der Waals surface area contributed by atoms with Crippen LogP contribution in [-0.4, -0.2) is 53.8 Å². The van der Waals surface area contributed by atoms with Crippen LogP contribution in [0.5, 0.6) is 5.75 Å². The number of ether oxygens (including phenoxy) is 2. The average Bonchev–Trinajstić information content (AvgIpc) is 2.53. The largest absolute Gasteiger partial charge is 0.481 e. The molecule has 2 unspecified atom stereocenters. The summed E-state index contributed by atoms with van der Waals surface area (Å²) in [7, 11) is 0. The van der Waals surface area contributed by atoms with Crippen LogP contribution in [-0.2, 0) is 19.7 Å². The third kappa shape index (κ3) is 5.46. The Morgan fingerprint density at radius 1 is 1.40 bits per heavy atom. The van der Waals surface area contributed by atoms with Crippen molar-refractivity contribution in [1.29, 1.82) is 0 Å². The van der Waals surface area contributed by atoms with Gasteiger partial charge in [-0.1, -0.05) is 32.9 Å². The highest BCUT2D eigenvalue weighted by atomic mass is 16.5. The highest BCUT2D eigenvalue weighted by Crippen LogP contribution is 2.26. The van der Waals surface area contributed by atoms with Crippen molar-refractivity contribution in [2.75, 3.05) is 19.7 Å². The molecule has 1 fully saturated rings. The smallest absolute Gasteiger partial charge is 0.306 e. The normalized spacial score (nSPS) is 19.4. The van der Waals surface area contributed by atoms with Crippen molar-refractivity contribution in [1.82, 2.24) is 4.90 Å². The third-order valence-electron chi connectivity index (χ3n) is 4.21. The fourth-order valence-electron chi connectivity index (χ4n) is 2.79. The Morgan fingerprint density at radius 3 is 2.76 bits per heavy atom. The van der Waals surface area contributed by atoms with Crippen LogP contribution in [0.25, 0.3) is 0 Å². The van der Waals surface area contributed by atoms with Crippen LogP contribution in [0, 0.1) is 0 Å². The van der Waals surface area contributed by atoms with Crippen molar-refractivity contribution in [3.05, 3.63) is 29.8 Å². The van der Waals surface area contributed by atoms with Crippen molar-refractivity contribution in [3.63, 3.8) is 0 Å². The molecule has 1 amide bonds. The fraction of sp³-hybridized carbons (Fsp3) is 0.579. The number of morpholine rings is 1. The van der Waals surface area contributed by atoms with E-state index in [1.54, 1.807) is 11.8 Å². The standard InChI is InChI=1S/C19H27NO5/c1-13(25-15-7-5-6-14(10-15)19(2,3)4)18(23)20-8-9-24-16(12-20)11-17(21)22/h5-7,10,13,16H,8-9,11-12H2,1-4H3,(H,21,22). The Labute approximate surface area is 148 Å². The summed E-state index contributed by atoms with van der Waals surface area (Å²) in [5.74, 6) is -0.425. The van der Waals surface area contributed by atoms with Gasteiger partial charge in [0.05, 0.1) is 19.1 Å². The highest BCUT2D eigenvalue weighted by molar-refractivity contribution is 5.81. The maximum Gasteiger partial charge on any atom is 0.306 e. The number of hydrogen-bond donors (Lipinski definition) is 1. The zero-order chi connectivity index (χ0) is 18.6. The Balaban J connectivity index is 1.99. The van der Waals surface area contributed by atoms with E-state index in [1.807, 2.05) is 24.3 Å². The van der Waals surface area contributed by atoms with Crippen LogP contribution in [0.2, 0.25) is 0 Å². The van der Waals surface area contributed by atoms with Gasteiger partial charge in [0.1, 0.15) is 5.75 Å². The summed E-state index contributed by atoms with van der Waals surface area (Å²) in [6.45, 7) is 9.15. The van der Waals surface area contributed by atoms with E-state index in [2.05, 4.69) is 20.8 Å². The van der Waals surface area contributed by atoms with Gasteiger partial charge in [-0.25, -0.2) is 0 Å². The van der Waals surface area contributed by atoms with E-state index >= 15 is 0 Å². The van der Waals surface area contributed by atoms with E-state index in [1.165, 1.54) is 0 Å². The number of rotatable bonds is 5. The van der Waals surface area contributed by atoms with E-state index in [-0.39, 0.29) is 24.3 Å². The first-order valence-corrected chi connectivity index (χ1v) is 8.56. The molecule has 1 aliphatic heterocycles. The van der Waals surface area contributed by atoms with E-state index in [0.717, 1.165) is 5.56 Å². The minimum atomic E-state index is -0.928. The molecule has 1 aromatic carbocycles. The van der Waals surface area contributed by atoms with Crippen LogP contribution in [0.4, 0.5) is 0 Å². The zero-order valence-corrected chi connectivity index (χ0v) is 15.3. The van der Waals surface area contributed by atoms with Gasteiger partial charge in [0.25, 0.3) is 5.91 Å². The molecule has 1 N–H and O–H groups in total. The molecule has 1 saturated heterocycles. The number of carboxylic acids is 1. The Bertz CT molecular complexity index is 622. The second-order valence-corrected chi connectivity index (χ2v) is 7.41. The summed E-state index contributed by atoms with van der Waals surface area (Å²) in [6.07, 6.45) is -1.21. The summed E-state index contributed by atoms with van der Waals surface area (Å²) in [5.41, 5.74) is 1.14. The Kier molecular flexibility index (Phi) is 6.06. The van der Waals surface area contributed by atoms with Crippen LogP contribution in [0.1, 0.15) is 39.7 Å². The van der Waals surface area contributed by atoms with E-state index < -0.39 is 18.2 Å². The third-order valence-corrected chi connectivity index (χ3v) is 4.21. The molecule has 1 aliphatic rings. The first-order chi connectivity index (χ1) is 11.7. The van der Waals surface area contributed by atoms with Gasteiger partial charge in [-0.3, -0.25) is 9.59 Å². The summed E-state index contributed by atoms with van der Waals surface area (Å²) in [6, 6.07) is 7.75. The van der Waals surface area contributed by atoms with Crippen molar-refractivity contribution < 1.29 is 24.2 Å². The summed E-state index contributed by atoms with van der Waals surface area (Å²) in [5, 5.41) is 8.88. The number of nitrogens with zero attached hydrogens (tertiary/aromatic N) is 1. The number of hydrogen-bond acceptors (Lipinski definition) is 4. The molecule has 0 spiro atoms. The Morgan fingerprint density at radius 2 is 2.12 bits per heavy atom. The lowest BCUT2D eigenvalue weighted by Crippen LogP contribution is -2.50. The number of carboxylic acid groups (broad SMARTS) is 1. The molecule has 138 valence electrons. The highest BCUT2D eigenvalue weighted by Gasteiger charge is 2.29. The average molecular weight is 349 g/mol. The van der Waals surface area contributed by atoms with Gasteiger partial charge in [0.15, 0.2) is 6.10 Å². The quantitative estimate of drug-likeness (QED) is 0.884. The number of aliphatic carboxylic acids is 1. The topological polar surface area (TPSA) is 76.1 Å². The number of carbonyl (C=O) groups excluding carboxylic acids is 1. The second-order valence-electron chi connectivity index (χ2n) is 7.41. The van der Waals surface area contributed by atoms with Crippen molar-refractivity contribution >= 4 is 11.9 Å². The monoisotopic (exact) mass is 349 g/mol. The van der Waals surface area contributed by atoms with Gasteiger partial charge in [-0.05, 0) is 30.0 Å². The molecule has 0 saturated carbocycles. The molecule has 25 heavy (non-hydrogen) atoms. The minimum absolute atomic E-state index is 0.000872. The molecular weight excluding hydrogens is 322 g/mol. The van der Waals surface area contributed by atoms with Crippen molar-refractivity contribution in [2.24, 2.45) is 0 Å². The lowest BCUT2D eigenvalue weighted by atomic mass is 9.87. The Hall–Kier alpha value is -2.08. The lowest BCUT2D eigenvalue weighted by Gasteiger charge is -2.33. The van der Waals surface area contributed by atoms with Gasteiger partial charge in [-0.2, -0.15) is 0 Å². The van der Waals surface area contributed by atoms with E-state index in [9.17, 15) is 9.59 Å².